The highest BCUT2D eigenvalue weighted by Gasteiger charge is 2.28. The van der Waals surface area contributed by atoms with Crippen LogP contribution < -0.4 is 0 Å². The Bertz CT molecular complexity index is 441. The molecule has 98 valence electrons. The summed E-state index contributed by atoms with van der Waals surface area (Å²) in [6.07, 6.45) is -2.44. The predicted molar refractivity (Wildman–Crippen MR) is 64.2 cm³/mol. The highest BCUT2D eigenvalue weighted by molar-refractivity contribution is 5.77. The molecule has 0 saturated carbocycles. The summed E-state index contributed by atoms with van der Waals surface area (Å²) in [7, 11) is 0. The Balaban J connectivity index is 2.98. The molecule has 1 aromatic carbocycles. The molecule has 2 N–H and O–H groups in total. The Morgan fingerprint density at radius 3 is 2.67 bits per heavy atom. The molecule has 5 nitrogen and oxygen atoms in total. The Morgan fingerprint density at radius 1 is 1.44 bits per heavy atom. The molecule has 0 fully saturated rings. The van der Waals surface area contributed by atoms with E-state index in [1.54, 1.807) is 26.0 Å². The molecular formula is C13H16O5. The Morgan fingerprint density at radius 2 is 2.11 bits per heavy atom. The molecule has 2 unspecified atom stereocenters. The van der Waals surface area contributed by atoms with Crippen LogP contribution in [0.2, 0.25) is 0 Å². The van der Waals surface area contributed by atoms with Crippen molar-refractivity contribution in [3.8, 4) is 0 Å². The van der Waals surface area contributed by atoms with E-state index in [0.29, 0.717) is 23.0 Å². The second-order valence-corrected chi connectivity index (χ2v) is 3.88. The van der Waals surface area contributed by atoms with E-state index in [0.717, 1.165) is 0 Å². The summed E-state index contributed by atoms with van der Waals surface area (Å²) in [4.78, 5) is 22.0. The standard InChI is InChI=1S/C13H16O5/c1-3-18-13(17)12(16)11(15)10-6-9(7-14)5-4-8(10)2/h4-7,11-12,15-16H,3H2,1-2H3. The molecule has 0 heterocycles. The van der Waals surface area contributed by atoms with E-state index in [1.165, 1.54) is 6.07 Å². The summed E-state index contributed by atoms with van der Waals surface area (Å²) >= 11 is 0. The number of hydrogen-bond acceptors (Lipinski definition) is 5. The maximum absolute atomic E-state index is 11.3. The van der Waals surface area contributed by atoms with E-state index in [1.807, 2.05) is 0 Å². The summed E-state index contributed by atoms with van der Waals surface area (Å²) in [5.41, 5.74) is 1.38. The fourth-order valence-electron chi connectivity index (χ4n) is 1.58. The van der Waals surface area contributed by atoms with Crippen molar-refractivity contribution < 1.29 is 24.5 Å². The first-order chi connectivity index (χ1) is 8.51. The number of aldehydes is 1. The predicted octanol–water partition coefficient (Wildman–Crippen LogP) is 0.765. The highest BCUT2D eigenvalue weighted by Crippen LogP contribution is 2.22. The first-order valence-electron chi connectivity index (χ1n) is 5.59. The number of aliphatic hydroxyl groups is 2. The molecule has 0 aliphatic heterocycles. The van der Waals surface area contributed by atoms with Crippen LogP contribution in [0.4, 0.5) is 0 Å². The normalized spacial score (nSPS) is 13.8. The Labute approximate surface area is 105 Å². The molecule has 0 radical (unpaired) electrons. The lowest BCUT2D eigenvalue weighted by Gasteiger charge is -2.18. The van der Waals surface area contributed by atoms with Gasteiger partial charge in [-0.05, 0) is 31.0 Å². The second-order valence-electron chi connectivity index (χ2n) is 3.88. The van der Waals surface area contributed by atoms with Crippen molar-refractivity contribution in [1.82, 2.24) is 0 Å². The molecule has 1 aromatic rings. The zero-order valence-corrected chi connectivity index (χ0v) is 10.3. The number of ether oxygens (including phenoxy) is 1. The van der Waals surface area contributed by atoms with Crippen LogP contribution in [0.15, 0.2) is 18.2 Å². The van der Waals surface area contributed by atoms with Crippen LogP contribution in [-0.4, -0.2) is 35.2 Å². The van der Waals surface area contributed by atoms with Crippen LogP contribution in [0.5, 0.6) is 0 Å². The van der Waals surface area contributed by atoms with Crippen LogP contribution in [0.25, 0.3) is 0 Å². The van der Waals surface area contributed by atoms with Crippen molar-refractivity contribution in [3.63, 3.8) is 0 Å². The second kappa shape index (κ2) is 6.28. The Kier molecular flexibility index (Phi) is 5.00. The molecular weight excluding hydrogens is 236 g/mol. The highest BCUT2D eigenvalue weighted by atomic mass is 16.5. The van der Waals surface area contributed by atoms with Crippen LogP contribution in [-0.2, 0) is 9.53 Å². The first-order valence-corrected chi connectivity index (χ1v) is 5.59. The van der Waals surface area contributed by atoms with Crippen LogP contribution in [0.3, 0.4) is 0 Å². The average Bonchev–Trinajstić information content (AvgIpc) is 2.38. The molecule has 1 rings (SSSR count). The third kappa shape index (κ3) is 3.15. The molecule has 5 heteroatoms. The van der Waals surface area contributed by atoms with E-state index >= 15 is 0 Å². The number of rotatable bonds is 5. The van der Waals surface area contributed by atoms with Gasteiger partial charge < -0.3 is 14.9 Å². The van der Waals surface area contributed by atoms with Crippen molar-refractivity contribution in [2.24, 2.45) is 0 Å². The molecule has 2 atom stereocenters. The van der Waals surface area contributed by atoms with Gasteiger partial charge in [-0.25, -0.2) is 4.79 Å². The van der Waals surface area contributed by atoms with Crippen molar-refractivity contribution in [3.05, 3.63) is 34.9 Å². The first kappa shape index (κ1) is 14.3. The molecule has 0 saturated heterocycles. The lowest BCUT2D eigenvalue weighted by molar-refractivity contribution is -0.159. The van der Waals surface area contributed by atoms with Gasteiger partial charge >= 0.3 is 5.97 Å². The molecule has 18 heavy (non-hydrogen) atoms. The number of hydrogen-bond donors (Lipinski definition) is 2. The molecule has 0 aliphatic carbocycles. The van der Waals surface area contributed by atoms with Gasteiger partial charge in [-0.3, -0.25) is 4.79 Å². The van der Waals surface area contributed by atoms with Crippen molar-refractivity contribution in [1.29, 1.82) is 0 Å². The maximum atomic E-state index is 11.3. The topological polar surface area (TPSA) is 83.8 Å². The minimum Gasteiger partial charge on any atom is -0.464 e. The van der Waals surface area contributed by atoms with Gasteiger partial charge in [0.1, 0.15) is 12.4 Å². The number of carbonyl (C=O) groups is 2. The maximum Gasteiger partial charge on any atom is 0.338 e. The average molecular weight is 252 g/mol. The van der Waals surface area contributed by atoms with Gasteiger partial charge in [0.05, 0.1) is 6.61 Å². The fourth-order valence-corrected chi connectivity index (χ4v) is 1.58. The van der Waals surface area contributed by atoms with Crippen LogP contribution >= 0.6 is 0 Å². The fraction of sp³-hybridized carbons (Fsp3) is 0.385. The lowest BCUT2D eigenvalue weighted by atomic mass is 9.97. The summed E-state index contributed by atoms with van der Waals surface area (Å²) in [6, 6.07) is 4.67. The summed E-state index contributed by atoms with van der Waals surface area (Å²) in [5, 5.41) is 19.6. The van der Waals surface area contributed by atoms with Crippen molar-refractivity contribution in [2.75, 3.05) is 6.61 Å². The smallest absolute Gasteiger partial charge is 0.338 e. The SMILES string of the molecule is CCOC(=O)C(O)C(O)c1cc(C=O)ccc1C. The summed E-state index contributed by atoms with van der Waals surface area (Å²) < 4.78 is 4.62. The van der Waals surface area contributed by atoms with Gasteiger partial charge in [0, 0.05) is 5.56 Å². The van der Waals surface area contributed by atoms with Gasteiger partial charge in [0.25, 0.3) is 0 Å². The van der Waals surface area contributed by atoms with E-state index in [-0.39, 0.29) is 6.61 Å². The van der Waals surface area contributed by atoms with Gasteiger partial charge in [0.15, 0.2) is 6.10 Å². The van der Waals surface area contributed by atoms with E-state index < -0.39 is 18.2 Å². The molecule has 0 spiro atoms. The van der Waals surface area contributed by atoms with Crippen molar-refractivity contribution >= 4 is 12.3 Å². The van der Waals surface area contributed by atoms with Crippen molar-refractivity contribution in [2.45, 2.75) is 26.1 Å². The molecule has 0 aliphatic rings. The number of benzene rings is 1. The van der Waals surface area contributed by atoms with Gasteiger partial charge in [-0.15, -0.1) is 0 Å². The minimum absolute atomic E-state index is 0.121. The summed E-state index contributed by atoms with van der Waals surface area (Å²) in [5.74, 6) is -0.888. The van der Waals surface area contributed by atoms with Gasteiger partial charge in [-0.1, -0.05) is 12.1 Å². The quantitative estimate of drug-likeness (QED) is 0.597. The van der Waals surface area contributed by atoms with E-state index in [4.69, 9.17) is 0 Å². The monoisotopic (exact) mass is 252 g/mol. The third-order valence-corrected chi connectivity index (χ3v) is 2.59. The zero-order valence-electron chi connectivity index (χ0n) is 10.3. The van der Waals surface area contributed by atoms with E-state index in [2.05, 4.69) is 4.74 Å². The summed E-state index contributed by atoms with van der Waals surface area (Å²) in [6.45, 7) is 3.44. The largest absolute Gasteiger partial charge is 0.464 e. The number of aliphatic hydroxyl groups excluding tert-OH is 2. The van der Waals surface area contributed by atoms with Crippen LogP contribution in [0.1, 0.15) is 34.5 Å². The van der Waals surface area contributed by atoms with Gasteiger partial charge in [0.2, 0.25) is 0 Å². The lowest BCUT2D eigenvalue weighted by Crippen LogP contribution is -2.30. The van der Waals surface area contributed by atoms with Crippen LogP contribution in [0, 0.1) is 6.92 Å². The van der Waals surface area contributed by atoms with E-state index in [9.17, 15) is 19.8 Å². The van der Waals surface area contributed by atoms with Gasteiger partial charge in [-0.2, -0.15) is 0 Å². The minimum atomic E-state index is -1.66. The molecule has 0 aromatic heterocycles. The Hall–Kier alpha value is -1.72. The number of esters is 1. The number of carbonyl (C=O) groups excluding carboxylic acids is 2. The molecule has 0 bridgehead atoms. The number of aryl methyl sites for hydroxylation is 1. The molecule has 0 amide bonds. The third-order valence-electron chi connectivity index (χ3n) is 2.59. The zero-order chi connectivity index (χ0) is 13.7.